The molecule has 7 heteroatoms. The van der Waals surface area contributed by atoms with E-state index in [1.165, 1.54) is 23.9 Å². The van der Waals surface area contributed by atoms with Crippen molar-refractivity contribution in [1.82, 2.24) is 5.27 Å². The Morgan fingerprint density at radius 3 is 2.35 bits per heavy atom. The predicted octanol–water partition coefficient (Wildman–Crippen LogP) is 2.10. The Balaban J connectivity index is 1.68. The first-order valence-corrected chi connectivity index (χ1v) is 7.82. The van der Waals surface area contributed by atoms with E-state index in [9.17, 15) is 14.4 Å². The fourth-order valence-corrected chi connectivity index (χ4v) is 2.31. The number of anilines is 1. The minimum atomic E-state index is -0.488. The van der Waals surface area contributed by atoms with Crippen molar-refractivity contribution in [3.8, 4) is 5.69 Å². The van der Waals surface area contributed by atoms with Gasteiger partial charge in [-0.05, 0) is 45.9 Å². The summed E-state index contributed by atoms with van der Waals surface area (Å²) in [6, 6.07) is 13.9. The minimum absolute atomic E-state index is 0.135. The quantitative estimate of drug-likeness (QED) is 0.418. The molecule has 0 bridgehead atoms. The molecule has 1 heterocycles. The van der Waals surface area contributed by atoms with Gasteiger partial charge in [0, 0.05) is 30.3 Å². The average Bonchev–Trinajstić information content (AvgIpc) is 3.07. The summed E-state index contributed by atoms with van der Waals surface area (Å²) in [6.07, 6.45) is 4.45. The number of rotatable bonds is 5. The van der Waals surface area contributed by atoms with E-state index in [2.05, 4.69) is 15.1 Å². The Bertz CT molecular complexity index is 1010. The van der Waals surface area contributed by atoms with E-state index in [-0.39, 0.29) is 11.7 Å². The number of hydrogen-bond acceptors (Lipinski definition) is 4. The van der Waals surface area contributed by atoms with Gasteiger partial charge in [-0.3, -0.25) is 14.1 Å². The van der Waals surface area contributed by atoms with Crippen molar-refractivity contribution < 1.29 is 18.8 Å². The molecule has 130 valence electrons. The summed E-state index contributed by atoms with van der Waals surface area (Å²) < 4.78 is 6.01. The van der Waals surface area contributed by atoms with Crippen LogP contribution in [0.5, 0.6) is 0 Å². The van der Waals surface area contributed by atoms with Crippen LogP contribution in [0.25, 0.3) is 11.8 Å². The molecule has 1 aromatic heterocycles. The lowest BCUT2D eigenvalue weighted by Crippen LogP contribution is -2.32. The van der Waals surface area contributed by atoms with Gasteiger partial charge in [0.1, 0.15) is 0 Å². The van der Waals surface area contributed by atoms with Gasteiger partial charge in [0.05, 0.1) is 0 Å². The molecule has 3 rings (SSSR count). The Hall–Kier alpha value is -3.74. The van der Waals surface area contributed by atoms with E-state index in [0.29, 0.717) is 16.9 Å². The Labute approximate surface area is 148 Å². The summed E-state index contributed by atoms with van der Waals surface area (Å²) in [5, 5.41) is 5.12. The van der Waals surface area contributed by atoms with Gasteiger partial charge in [-0.2, -0.15) is 0 Å². The number of nitrogens with one attached hydrogen (secondary N) is 2. The number of hydrogen-bond donors (Lipinski definition) is 2. The van der Waals surface area contributed by atoms with Gasteiger partial charge in [0.15, 0.2) is 5.78 Å². The molecule has 0 saturated carbocycles. The van der Waals surface area contributed by atoms with Crippen molar-refractivity contribution in [2.45, 2.75) is 6.92 Å². The number of ketones is 1. The lowest BCUT2D eigenvalue weighted by atomic mass is 10.1. The van der Waals surface area contributed by atoms with E-state index in [1.54, 1.807) is 42.5 Å². The van der Waals surface area contributed by atoms with Crippen LogP contribution >= 0.6 is 0 Å². The second kappa shape index (κ2) is 7.43. The molecule has 7 nitrogen and oxygen atoms in total. The molecule has 0 aliphatic rings. The van der Waals surface area contributed by atoms with Crippen LogP contribution in [0.15, 0.2) is 70.1 Å². The third-order valence-corrected chi connectivity index (χ3v) is 3.57. The predicted molar refractivity (Wildman–Crippen MR) is 95.0 cm³/mol. The Kier molecular flexibility index (Phi) is 4.89. The maximum absolute atomic E-state index is 12.3. The smallest absolute Gasteiger partial charge is 0.326 e. The second-order valence-corrected chi connectivity index (χ2v) is 5.56. The first-order valence-electron chi connectivity index (χ1n) is 7.82. The summed E-state index contributed by atoms with van der Waals surface area (Å²) in [5.41, 5.74) is 2.25. The molecule has 2 N–H and O–H groups in total. The fraction of sp³-hybridized carbons (Fsp3) is 0.0526. The number of H-pyrrole nitrogens is 1. The second-order valence-electron chi connectivity index (χ2n) is 5.56. The van der Waals surface area contributed by atoms with Crippen molar-refractivity contribution in [3.63, 3.8) is 0 Å². The molecule has 0 spiro atoms. The molecular weight excluding hydrogens is 334 g/mol. The van der Waals surface area contributed by atoms with E-state index < -0.39 is 5.63 Å². The molecule has 0 radical (unpaired) electrons. The molecule has 0 saturated heterocycles. The van der Waals surface area contributed by atoms with Gasteiger partial charge >= 0.3 is 5.63 Å². The average molecular weight is 350 g/mol. The highest BCUT2D eigenvalue weighted by Crippen LogP contribution is 2.12. The van der Waals surface area contributed by atoms with E-state index in [4.69, 9.17) is 0 Å². The van der Waals surface area contributed by atoms with Crippen LogP contribution in [-0.2, 0) is 4.79 Å². The number of nitrogens with zero attached hydrogens (tertiary/aromatic N) is 1. The summed E-state index contributed by atoms with van der Waals surface area (Å²) in [4.78, 5) is 34.3. The molecule has 2 aromatic carbocycles. The monoisotopic (exact) mass is 350 g/mol. The van der Waals surface area contributed by atoms with Crippen molar-refractivity contribution in [3.05, 3.63) is 82.4 Å². The number of allylic oxidation sites excluding steroid dienone is 1. The Morgan fingerprint density at radius 2 is 1.77 bits per heavy atom. The van der Waals surface area contributed by atoms with Crippen molar-refractivity contribution in [2.75, 3.05) is 5.32 Å². The minimum Gasteiger partial charge on any atom is -0.326 e. The lowest BCUT2D eigenvalue weighted by molar-refractivity contribution is -0.670. The maximum Gasteiger partial charge on any atom is 0.427 e. The molecule has 0 unspecified atom stereocenters. The zero-order valence-electron chi connectivity index (χ0n) is 13.9. The summed E-state index contributed by atoms with van der Waals surface area (Å²) >= 11 is 0. The SMILES string of the molecule is CC(=O)Nc1ccc(/C=C/C(=O)c2ccc(-[n+]3cc(=O)o[nH]3)cc2)cc1. The largest absolute Gasteiger partial charge is 0.427 e. The van der Waals surface area contributed by atoms with Gasteiger partial charge in [-0.25, -0.2) is 4.79 Å². The molecule has 26 heavy (non-hydrogen) atoms. The summed E-state index contributed by atoms with van der Waals surface area (Å²) in [6.45, 7) is 1.44. The van der Waals surface area contributed by atoms with Crippen molar-refractivity contribution in [2.24, 2.45) is 0 Å². The van der Waals surface area contributed by atoms with Crippen LogP contribution in [0.4, 0.5) is 5.69 Å². The molecule has 0 aliphatic carbocycles. The van der Waals surface area contributed by atoms with E-state index >= 15 is 0 Å². The Morgan fingerprint density at radius 1 is 1.08 bits per heavy atom. The number of benzene rings is 2. The highest BCUT2D eigenvalue weighted by atomic mass is 16.5. The molecule has 0 fully saturated rings. The van der Waals surface area contributed by atoms with Crippen LogP contribution in [0, 0.1) is 0 Å². The van der Waals surface area contributed by atoms with Gasteiger partial charge in [-0.1, -0.05) is 18.2 Å². The molecule has 1 amide bonds. The zero-order chi connectivity index (χ0) is 18.5. The van der Waals surface area contributed by atoms with Crippen LogP contribution in [-0.4, -0.2) is 17.0 Å². The standard InChI is InChI=1S/C19H15N3O4/c1-13(23)20-16-7-2-14(3-8-16)4-11-18(24)15-5-9-17(10-6-15)22-12-19(25)26-21-22/h2-12H,1H3,(H-,20,21,23,24,25)/p+1. The number of carbonyl (C=O) groups is 2. The maximum atomic E-state index is 12.3. The number of aromatic nitrogens is 2. The first-order chi connectivity index (χ1) is 12.5. The number of carbonyl (C=O) groups excluding carboxylic acids is 2. The summed E-state index contributed by atoms with van der Waals surface area (Å²) in [7, 11) is 0. The van der Waals surface area contributed by atoms with Crippen molar-refractivity contribution >= 4 is 23.5 Å². The van der Waals surface area contributed by atoms with Gasteiger partial charge in [0.25, 0.3) is 6.20 Å². The van der Waals surface area contributed by atoms with Crippen LogP contribution in [0.3, 0.4) is 0 Å². The van der Waals surface area contributed by atoms with Gasteiger partial charge in [-0.15, -0.1) is 0 Å². The third-order valence-electron chi connectivity index (χ3n) is 3.57. The van der Waals surface area contributed by atoms with Crippen LogP contribution < -0.4 is 15.6 Å². The molecular formula is C19H16N3O4+. The topological polar surface area (TPSA) is 96.1 Å². The lowest BCUT2D eigenvalue weighted by Gasteiger charge is -2.01. The molecule has 0 atom stereocenters. The van der Waals surface area contributed by atoms with Gasteiger partial charge < -0.3 is 5.32 Å². The zero-order valence-corrected chi connectivity index (χ0v) is 13.9. The normalized spacial score (nSPS) is 10.8. The van der Waals surface area contributed by atoms with Crippen molar-refractivity contribution in [1.29, 1.82) is 0 Å². The van der Waals surface area contributed by atoms with Crippen LogP contribution in [0.1, 0.15) is 22.8 Å². The third kappa shape index (κ3) is 4.21. The fourth-order valence-electron chi connectivity index (χ4n) is 2.31. The molecule has 0 aliphatic heterocycles. The number of aromatic amines is 1. The summed E-state index contributed by atoms with van der Waals surface area (Å²) in [5.74, 6) is -0.280. The van der Waals surface area contributed by atoms with E-state index in [1.807, 2.05) is 12.1 Å². The van der Waals surface area contributed by atoms with Crippen LogP contribution in [0.2, 0.25) is 0 Å². The van der Waals surface area contributed by atoms with E-state index in [0.717, 1.165) is 5.56 Å². The highest BCUT2D eigenvalue weighted by molar-refractivity contribution is 6.06. The highest BCUT2D eigenvalue weighted by Gasteiger charge is 2.11. The molecule has 3 aromatic rings. The first kappa shape index (κ1) is 17.1. The number of amides is 1. The van der Waals surface area contributed by atoms with Gasteiger partial charge in [0.2, 0.25) is 11.6 Å².